The molecule has 9 heteroatoms. The summed E-state index contributed by atoms with van der Waals surface area (Å²) in [6.07, 6.45) is -3.83. The van der Waals surface area contributed by atoms with Crippen LogP contribution < -0.4 is 0 Å². The number of piperidine rings is 1. The Hall–Kier alpha value is -2.65. The zero-order chi connectivity index (χ0) is 25.1. The van der Waals surface area contributed by atoms with Gasteiger partial charge in [-0.1, -0.05) is 12.1 Å². The number of alkyl halides is 3. The first kappa shape index (κ1) is 24.5. The van der Waals surface area contributed by atoms with Gasteiger partial charge < -0.3 is 14.6 Å². The number of Topliss-reactive ketones (excluding diaryl/α,β-unsaturated/α-hetero) is 1. The second-order valence-corrected chi connectivity index (χ2v) is 9.96. The summed E-state index contributed by atoms with van der Waals surface area (Å²) in [6.45, 7) is 6.48. The van der Waals surface area contributed by atoms with E-state index < -0.39 is 23.1 Å². The fourth-order valence-electron chi connectivity index (χ4n) is 5.30. The van der Waals surface area contributed by atoms with Crippen LogP contribution in [-0.4, -0.2) is 63.5 Å². The minimum absolute atomic E-state index is 0.0729. The van der Waals surface area contributed by atoms with Gasteiger partial charge in [-0.3, -0.25) is 14.5 Å². The van der Waals surface area contributed by atoms with E-state index in [0.29, 0.717) is 49.3 Å². The molecule has 2 aliphatic rings. The Labute approximate surface area is 197 Å². The van der Waals surface area contributed by atoms with Crippen LogP contribution in [0.2, 0.25) is 0 Å². The van der Waals surface area contributed by atoms with Crippen molar-refractivity contribution in [3.05, 3.63) is 58.9 Å². The molecule has 6 nitrogen and oxygen atoms in total. The number of carbonyl (C=O) groups is 2. The summed E-state index contributed by atoms with van der Waals surface area (Å²) in [5.41, 5.74) is 0.0566. The molecule has 1 atom stereocenters. The number of benzene rings is 1. The first-order chi connectivity index (χ1) is 15.8. The molecule has 0 saturated carbocycles. The molecule has 2 aromatic rings. The summed E-state index contributed by atoms with van der Waals surface area (Å²) in [4.78, 5) is 29.0. The van der Waals surface area contributed by atoms with E-state index in [0.717, 1.165) is 0 Å². The van der Waals surface area contributed by atoms with Crippen molar-refractivity contribution in [1.29, 1.82) is 0 Å². The molecule has 4 rings (SSSR count). The molecule has 34 heavy (non-hydrogen) atoms. The highest BCUT2D eigenvalue weighted by molar-refractivity contribution is 5.99. The zero-order valence-corrected chi connectivity index (χ0v) is 19.8. The summed E-state index contributed by atoms with van der Waals surface area (Å²) in [7, 11) is 1.96. The van der Waals surface area contributed by atoms with Crippen LogP contribution in [0, 0.1) is 0 Å². The predicted octanol–water partition coefficient (Wildman–Crippen LogP) is 3.93. The van der Waals surface area contributed by atoms with Crippen LogP contribution in [0.5, 0.6) is 0 Å². The SMILES string of the molecule is C[C@H]1Cn2c(C(=O)C(F)(F)F)ccc2C2(CCN(C(=O)c3ccc(C(C)(C)O)cc3)CC2)N1C. The van der Waals surface area contributed by atoms with Gasteiger partial charge in [0.15, 0.2) is 0 Å². The van der Waals surface area contributed by atoms with Crippen molar-refractivity contribution >= 4 is 11.7 Å². The molecule has 1 aromatic carbocycles. The molecule has 1 N–H and O–H groups in total. The van der Waals surface area contributed by atoms with E-state index in [1.54, 1.807) is 49.1 Å². The van der Waals surface area contributed by atoms with Gasteiger partial charge in [0.05, 0.1) is 16.8 Å². The number of hydrogen-bond acceptors (Lipinski definition) is 4. The molecule has 1 amide bonds. The highest BCUT2D eigenvalue weighted by Crippen LogP contribution is 2.44. The van der Waals surface area contributed by atoms with Gasteiger partial charge in [-0.05, 0) is 70.5 Å². The second kappa shape index (κ2) is 8.23. The summed E-state index contributed by atoms with van der Waals surface area (Å²) in [6, 6.07) is 9.72. The van der Waals surface area contributed by atoms with Crippen molar-refractivity contribution in [2.75, 3.05) is 20.1 Å². The normalized spacial score (nSPS) is 20.9. The van der Waals surface area contributed by atoms with Gasteiger partial charge in [0.1, 0.15) is 0 Å². The maximum Gasteiger partial charge on any atom is 0.456 e. The molecule has 0 aliphatic carbocycles. The van der Waals surface area contributed by atoms with Gasteiger partial charge in [0.2, 0.25) is 0 Å². The highest BCUT2D eigenvalue weighted by atomic mass is 19.4. The van der Waals surface area contributed by atoms with Gasteiger partial charge in [0.25, 0.3) is 11.7 Å². The minimum atomic E-state index is -4.93. The van der Waals surface area contributed by atoms with E-state index >= 15 is 0 Å². The van der Waals surface area contributed by atoms with E-state index in [1.807, 2.05) is 14.0 Å². The fourth-order valence-corrected chi connectivity index (χ4v) is 5.30. The van der Waals surface area contributed by atoms with Crippen LogP contribution in [0.1, 0.15) is 65.7 Å². The van der Waals surface area contributed by atoms with Crippen LogP contribution in [-0.2, 0) is 17.7 Å². The molecule has 1 saturated heterocycles. The number of nitrogens with zero attached hydrogens (tertiary/aromatic N) is 3. The zero-order valence-electron chi connectivity index (χ0n) is 19.8. The van der Waals surface area contributed by atoms with Gasteiger partial charge in [-0.25, -0.2) is 0 Å². The van der Waals surface area contributed by atoms with E-state index in [9.17, 15) is 27.9 Å². The minimum Gasteiger partial charge on any atom is -0.386 e. The maximum atomic E-state index is 13.2. The third-order valence-electron chi connectivity index (χ3n) is 7.45. The average Bonchev–Trinajstić information content (AvgIpc) is 3.20. The van der Waals surface area contributed by atoms with Crippen LogP contribution in [0.3, 0.4) is 0 Å². The third kappa shape index (κ3) is 4.05. The number of fused-ring (bicyclic) bond motifs is 2. The van der Waals surface area contributed by atoms with Gasteiger partial charge in [-0.2, -0.15) is 13.2 Å². The lowest BCUT2D eigenvalue weighted by molar-refractivity contribution is -0.0894. The van der Waals surface area contributed by atoms with Crippen LogP contribution in [0.15, 0.2) is 36.4 Å². The first-order valence-electron chi connectivity index (χ1n) is 11.4. The van der Waals surface area contributed by atoms with Crippen LogP contribution in [0.4, 0.5) is 13.2 Å². The molecule has 0 unspecified atom stereocenters. The number of likely N-dealkylation sites (N-methyl/N-ethyl adjacent to an activating group) is 1. The van der Waals surface area contributed by atoms with E-state index in [2.05, 4.69) is 4.90 Å². The molecule has 3 heterocycles. The first-order valence-corrected chi connectivity index (χ1v) is 11.4. The summed E-state index contributed by atoms with van der Waals surface area (Å²) in [5.74, 6) is -1.94. The Morgan fingerprint density at radius 2 is 1.62 bits per heavy atom. The Morgan fingerprint density at radius 3 is 2.15 bits per heavy atom. The second-order valence-electron chi connectivity index (χ2n) is 9.96. The number of halogens is 3. The number of aliphatic hydroxyl groups is 1. The van der Waals surface area contributed by atoms with Gasteiger partial charge in [-0.15, -0.1) is 0 Å². The maximum absolute atomic E-state index is 13.2. The summed E-state index contributed by atoms with van der Waals surface area (Å²) in [5, 5.41) is 10.1. The standard InChI is InChI=1S/C25H30F3N3O3/c1-16-15-31-19(21(32)25(26,27)28)9-10-20(31)24(29(16)4)11-13-30(14-12-24)22(33)17-5-7-18(8-6-17)23(2,3)34/h5-10,16,34H,11-15H2,1-4H3/t16-/m0/s1. The Balaban J connectivity index is 1.57. The highest BCUT2D eigenvalue weighted by Gasteiger charge is 2.49. The van der Waals surface area contributed by atoms with E-state index in [-0.39, 0.29) is 17.6 Å². The molecular formula is C25H30F3N3O3. The third-order valence-corrected chi connectivity index (χ3v) is 7.45. The Morgan fingerprint density at radius 1 is 1.03 bits per heavy atom. The Bertz CT molecular complexity index is 1090. The molecule has 2 aliphatic heterocycles. The van der Waals surface area contributed by atoms with Gasteiger partial charge in [0, 0.05) is 36.9 Å². The van der Waals surface area contributed by atoms with Crippen molar-refractivity contribution in [2.45, 2.75) is 63.5 Å². The number of hydrogen-bond donors (Lipinski definition) is 1. The molecule has 1 aromatic heterocycles. The largest absolute Gasteiger partial charge is 0.456 e. The molecule has 0 radical (unpaired) electrons. The fraction of sp³-hybridized carbons (Fsp3) is 0.520. The van der Waals surface area contributed by atoms with Crippen LogP contribution in [0.25, 0.3) is 0 Å². The predicted molar refractivity (Wildman–Crippen MR) is 121 cm³/mol. The van der Waals surface area contributed by atoms with Crippen molar-refractivity contribution in [1.82, 2.24) is 14.4 Å². The van der Waals surface area contributed by atoms with Crippen molar-refractivity contribution in [3.63, 3.8) is 0 Å². The van der Waals surface area contributed by atoms with Crippen molar-refractivity contribution in [3.8, 4) is 0 Å². The number of rotatable bonds is 3. The average molecular weight is 478 g/mol. The monoisotopic (exact) mass is 477 g/mol. The van der Waals surface area contributed by atoms with Gasteiger partial charge >= 0.3 is 6.18 Å². The van der Waals surface area contributed by atoms with Crippen molar-refractivity contribution in [2.24, 2.45) is 0 Å². The number of amides is 1. The molecule has 184 valence electrons. The molecule has 0 bridgehead atoms. The number of aromatic nitrogens is 1. The number of ketones is 1. The Kier molecular flexibility index (Phi) is 5.93. The van der Waals surface area contributed by atoms with Crippen molar-refractivity contribution < 1.29 is 27.9 Å². The quantitative estimate of drug-likeness (QED) is 0.681. The van der Waals surface area contributed by atoms with E-state index in [4.69, 9.17) is 0 Å². The molecule has 1 spiro atoms. The lowest BCUT2D eigenvalue weighted by Crippen LogP contribution is -2.59. The molecular weight excluding hydrogens is 447 g/mol. The van der Waals surface area contributed by atoms with E-state index in [1.165, 1.54) is 10.6 Å². The lowest BCUT2D eigenvalue weighted by Gasteiger charge is -2.53. The number of carbonyl (C=O) groups excluding carboxylic acids is 2. The topological polar surface area (TPSA) is 65.8 Å². The summed E-state index contributed by atoms with van der Waals surface area (Å²) < 4.78 is 41.0. The summed E-state index contributed by atoms with van der Waals surface area (Å²) >= 11 is 0. The number of likely N-dealkylation sites (tertiary alicyclic amines) is 1. The smallest absolute Gasteiger partial charge is 0.386 e. The van der Waals surface area contributed by atoms with Crippen LogP contribution >= 0.6 is 0 Å². The molecule has 1 fully saturated rings. The lowest BCUT2D eigenvalue weighted by atomic mass is 9.80.